The van der Waals surface area contributed by atoms with E-state index in [1.54, 1.807) is 0 Å². The van der Waals surface area contributed by atoms with Crippen molar-refractivity contribution in [2.45, 2.75) is 38.8 Å². The molecule has 0 amide bonds. The average Bonchev–Trinajstić information content (AvgIpc) is 2.81. The molecule has 2 rings (SSSR count). The summed E-state index contributed by atoms with van der Waals surface area (Å²) in [6.45, 7) is 5.26. The summed E-state index contributed by atoms with van der Waals surface area (Å²) in [5, 5.41) is 14.5. The molecule has 0 unspecified atom stereocenters. The van der Waals surface area contributed by atoms with Crippen molar-refractivity contribution in [2.75, 3.05) is 6.54 Å². The monoisotopic (exact) mass is 247 g/mol. The normalized spacial score (nSPS) is 12.2. The van der Waals surface area contributed by atoms with Gasteiger partial charge in [0.2, 0.25) is 0 Å². The number of para-hydroxylation sites is 1. The van der Waals surface area contributed by atoms with Gasteiger partial charge in [0.1, 0.15) is 11.3 Å². The van der Waals surface area contributed by atoms with Gasteiger partial charge >= 0.3 is 0 Å². The van der Waals surface area contributed by atoms with Crippen LogP contribution in [0.4, 0.5) is 0 Å². The third kappa shape index (κ3) is 2.92. The highest BCUT2D eigenvalue weighted by Crippen LogP contribution is 2.19. The van der Waals surface area contributed by atoms with Crippen molar-refractivity contribution in [3.63, 3.8) is 0 Å². The van der Waals surface area contributed by atoms with Crippen LogP contribution in [0.1, 0.15) is 32.4 Å². The lowest BCUT2D eigenvalue weighted by atomic mass is 9.98. The van der Waals surface area contributed by atoms with Crippen molar-refractivity contribution in [1.82, 2.24) is 5.32 Å². The Hall–Kier alpha value is -1.32. The molecule has 2 N–H and O–H groups in total. The van der Waals surface area contributed by atoms with Gasteiger partial charge in [-0.3, -0.25) is 0 Å². The quantitative estimate of drug-likeness (QED) is 0.824. The van der Waals surface area contributed by atoms with E-state index in [9.17, 15) is 5.11 Å². The molecular formula is C15H21NO2. The molecule has 0 aliphatic heterocycles. The van der Waals surface area contributed by atoms with E-state index >= 15 is 0 Å². The molecule has 2 aromatic rings. The summed E-state index contributed by atoms with van der Waals surface area (Å²) >= 11 is 0. The molecule has 0 saturated heterocycles. The summed E-state index contributed by atoms with van der Waals surface area (Å²) in [5.41, 5.74) is 0.307. The molecule has 0 spiro atoms. The van der Waals surface area contributed by atoms with Gasteiger partial charge in [-0.05, 0) is 25.0 Å². The molecular weight excluding hydrogens is 226 g/mol. The lowest BCUT2D eigenvalue weighted by Gasteiger charge is -2.25. The summed E-state index contributed by atoms with van der Waals surface area (Å²) in [5.74, 6) is 0.908. The fourth-order valence-electron chi connectivity index (χ4n) is 2.04. The molecule has 1 aromatic carbocycles. The minimum atomic E-state index is -0.605. The smallest absolute Gasteiger partial charge is 0.134 e. The van der Waals surface area contributed by atoms with Crippen molar-refractivity contribution >= 4 is 11.0 Å². The van der Waals surface area contributed by atoms with Gasteiger partial charge in [-0.25, -0.2) is 0 Å². The van der Waals surface area contributed by atoms with E-state index < -0.39 is 5.60 Å². The number of hydrogen-bond acceptors (Lipinski definition) is 3. The Balaban J connectivity index is 1.94. The topological polar surface area (TPSA) is 45.4 Å². The van der Waals surface area contributed by atoms with Crippen molar-refractivity contribution in [2.24, 2.45) is 0 Å². The Kier molecular flexibility index (Phi) is 4.04. The summed E-state index contributed by atoms with van der Waals surface area (Å²) in [6.07, 6.45) is 1.52. The molecule has 3 nitrogen and oxygen atoms in total. The number of benzene rings is 1. The van der Waals surface area contributed by atoms with Crippen LogP contribution in [0.5, 0.6) is 0 Å². The van der Waals surface area contributed by atoms with Gasteiger partial charge in [-0.1, -0.05) is 32.0 Å². The van der Waals surface area contributed by atoms with Crippen LogP contribution in [0.25, 0.3) is 11.0 Å². The van der Waals surface area contributed by atoms with Crippen LogP contribution < -0.4 is 5.32 Å². The fourth-order valence-corrected chi connectivity index (χ4v) is 2.04. The Morgan fingerprint density at radius 3 is 2.61 bits per heavy atom. The highest BCUT2D eigenvalue weighted by Gasteiger charge is 2.21. The van der Waals surface area contributed by atoms with E-state index in [4.69, 9.17) is 4.42 Å². The van der Waals surface area contributed by atoms with E-state index in [0.29, 0.717) is 13.1 Å². The molecule has 98 valence electrons. The van der Waals surface area contributed by atoms with E-state index in [2.05, 4.69) is 5.32 Å². The predicted molar refractivity (Wildman–Crippen MR) is 73.5 cm³/mol. The first kappa shape index (κ1) is 13.1. The minimum Gasteiger partial charge on any atom is -0.460 e. The second-order valence-corrected chi connectivity index (χ2v) is 4.79. The number of fused-ring (bicyclic) bond motifs is 1. The number of aliphatic hydroxyl groups is 1. The molecule has 0 atom stereocenters. The van der Waals surface area contributed by atoms with Crippen LogP contribution in [0, 0.1) is 0 Å². The first-order valence-corrected chi connectivity index (χ1v) is 6.57. The first-order valence-electron chi connectivity index (χ1n) is 6.57. The zero-order valence-electron chi connectivity index (χ0n) is 11.1. The van der Waals surface area contributed by atoms with Gasteiger partial charge in [0.25, 0.3) is 0 Å². The molecule has 1 aromatic heterocycles. The Morgan fingerprint density at radius 2 is 1.94 bits per heavy atom. The van der Waals surface area contributed by atoms with Crippen molar-refractivity contribution in [3.05, 3.63) is 36.1 Å². The van der Waals surface area contributed by atoms with E-state index in [1.165, 1.54) is 0 Å². The minimum absolute atomic E-state index is 0.594. The van der Waals surface area contributed by atoms with Gasteiger partial charge in [-0.15, -0.1) is 0 Å². The standard InChI is InChI=1S/C15H21NO2/c1-3-15(17,4-2)11-16-10-13-9-12-7-5-6-8-14(12)18-13/h5-9,16-17H,3-4,10-11H2,1-2H3. The van der Waals surface area contributed by atoms with Crippen LogP contribution in [0.2, 0.25) is 0 Å². The van der Waals surface area contributed by atoms with E-state index in [-0.39, 0.29) is 0 Å². The number of furan rings is 1. The molecule has 0 radical (unpaired) electrons. The highest BCUT2D eigenvalue weighted by atomic mass is 16.3. The SMILES string of the molecule is CCC(O)(CC)CNCc1cc2ccccc2o1. The second-order valence-electron chi connectivity index (χ2n) is 4.79. The summed E-state index contributed by atoms with van der Waals surface area (Å²) in [6, 6.07) is 10.0. The van der Waals surface area contributed by atoms with Crippen LogP contribution >= 0.6 is 0 Å². The molecule has 18 heavy (non-hydrogen) atoms. The molecule has 1 heterocycles. The summed E-state index contributed by atoms with van der Waals surface area (Å²) in [7, 11) is 0. The van der Waals surface area contributed by atoms with Gasteiger partial charge in [0, 0.05) is 11.9 Å². The summed E-state index contributed by atoms with van der Waals surface area (Å²) < 4.78 is 5.71. The lowest BCUT2D eigenvalue weighted by molar-refractivity contribution is 0.0319. The maximum atomic E-state index is 10.2. The Morgan fingerprint density at radius 1 is 1.22 bits per heavy atom. The maximum absolute atomic E-state index is 10.2. The molecule has 0 aliphatic carbocycles. The van der Waals surface area contributed by atoms with Crippen LogP contribution in [-0.4, -0.2) is 17.3 Å². The lowest BCUT2D eigenvalue weighted by Crippen LogP contribution is -2.39. The van der Waals surface area contributed by atoms with E-state index in [0.717, 1.165) is 29.6 Å². The zero-order chi connectivity index (χ0) is 13.0. The molecule has 3 heteroatoms. The number of nitrogens with one attached hydrogen (secondary N) is 1. The van der Waals surface area contributed by atoms with Gasteiger partial charge < -0.3 is 14.8 Å². The molecule has 0 fully saturated rings. The molecule has 0 saturated carbocycles. The Labute approximate surface area is 108 Å². The summed E-state index contributed by atoms with van der Waals surface area (Å²) in [4.78, 5) is 0. The third-order valence-corrected chi connectivity index (χ3v) is 3.55. The van der Waals surface area contributed by atoms with Crippen molar-refractivity contribution in [1.29, 1.82) is 0 Å². The van der Waals surface area contributed by atoms with Crippen LogP contribution in [0.3, 0.4) is 0 Å². The third-order valence-electron chi connectivity index (χ3n) is 3.55. The van der Waals surface area contributed by atoms with Crippen LogP contribution in [-0.2, 0) is 6.54 Å². The predicted octanol–water partition coefficient (Wildman–Crippen LogP) is 3.07. The largest absolute Gasteiger partial charge is 0.460 e. The van der Waals surface area contributed by atoms with E-state index in [1.807, 2.05) is 44.2 Å². The van der Waals surface area contributed by atoms with Gasteiger partial charge in [-0.2, -0.15) is 0 Å². The van der Waals surface area contributed by atoms with Crippen molar-refractivity contribution in [3.8, 4) is 0 Å². The number of rotatable bonds is 6. The van der Waals surface area contributed by atoms with Crippen LogP contribution in [0.15, 0.2) is 34.7 Å². The van der Waals surface area contributed by atoms with Gasteiger partial charge in [0.05, 0.1) is 12.1 Å². The highest BCUT2D eigenvalue weighted by molar-refractivity contribution is 5.77. The average molecular weight is 247 g/mol. The first-order chi connectivity index (χ1) is 8.67. The Bertz CT molecular complexity index is 467. The maximum Gasteiger partial charge on any atom is 0.134 e. The van der Waals surface area contributed by atoms with Crippen molar-refractivity contribution < 1.29 is 9.52 Å². The van der Waals surface area contributed by atoms with Gasteiger partial charge in [0.15, 0.2) is 0 Å². The molecule has 0 bridgehead atoms. The zero-order valence-corrected chi connectivity index (χ0v) is 11.1. The second kappa shape index (κ2) is 5.55. The molecule has 0 aliphatic rings. The number of hydrogen-bond donors (Lipinski definition) is 2. The fraction of sp³-hybridized carbons (Fsp3) is 0.467.